The number of rotatable bonds is 2. The summed E-state index contributed by atoms with van der Waals surface area (Å²) in [7, 11) is 2.04. The third kappa shape index (κ3) is 1.85. The van der Waals surface area contributed by atoms with Gasteiger partial charge in [0.2, 0.25) is 0 Å². The van der Waals surface area contributed by atoms with Gasteiger partial charge in [-0.25, -0.2) is 4.98 Å². The molecule has 2 aromatic heterocycles. The number of nitrogens with zero attached hydrogens (tertiary/aromatic N) is 2. The fourth-order valence-corrected chi connectivity index (χ4v) is 2.45. The summed E-state index contributed by atoms with van der Waals surface area (Å²) in [5.41, 5.74) is 12.5. The number of aromatic amines is 1. The Labute approximate surface area is 112 Å². The Balaban J connectivity index is 2.16. The maximum Gasteiger partial charge on any atom is 0.106 e. The van der Waals surface area contributed by atoms with Crippen molar-refractivity contribution in [1.29, 1.82) is 0 Å². The molecule has 3 N–H and O–H groups in total. The van der Waals surface area contributed by atoms with E-state index < -0.39 is 0 Å². The second-order valence-electron chi connectivity index (χ2n) is 4.96. The normalized spacial score (nSPS) is 11.4. The summed E-state index contributed by atoms with van der Waals surface area (Å²) in [6.07, 6.45) is 0. The van der Waals surface area contributed by atoms with Gasteiger partial charge < -0.3 is 15.3 Å². The monoisotopic (exact) mass is 254 g/mol. The summed E-state index contributed by atoms with van der Waals surface area (Å²) in [6.45, 7) is 4.64. The Morgan fingerprint density at radius 3 is 2.74 bits per heavy atom. The van der Waals surface area contributed by atoms with E-state index in [-0.39, 0.29) is 0 Å². The molecule has 3 rings (SSSR count). The average molecular weight is 254 g/mol. The van der Waals surface area contributed by atoms with Crippen LogP contribution in [0.5, 0.6) is 0 Å². The van der Waals surface area contributed by atoms with Crippen molar-refractivity contribution in [2.24, 2.45) is 12.8 Å². The lowest BCUT2D eigenvalue weighted by atomic mass is 10.1. The van der Waals surface area contributed by atoms with Crippen LogP contribution >= 0.6 is 0 Å². The molecule has 0 bridgehead atoms. The maximum atomic E-state index is 5.73. The highest BCUT2D eigenvalue weighted by molar-refractivity contribution is 5.82. The zero-order chi connectivity index (χ0) is 13.6. The minimum Gasteiger partial charge on any atom is -0.358 e. The van der Waals surface area contributed by atoms with Gasteiger partial charge in [0, 0.05) is 30.5 Å². The van der Waals surface area contributed by atoms with Crippen LogP contribution in [-0.4, -0.2) is 14.5 Å². The molecule has 0 fully saturated rings. The molecule has 0 unspecified atom stereocenters. The third-order valence-corrected chi connectivity index (χ3v) is 3.76. The molecule has 0 saturated heterocycles. The van der Waals surface area contributed by atoms with E-state index >= 15 is 0 Å². The van der Waals surface area contributed by atoms with Crippen LogP contribution in [0.1, 0.15) is 17.1 Å². The standard InChI is InChI=1S/C15H18N4/c1-9-12(8-16)6-14(17-9)11-4-5-13-15(7-11)19(3)10(2)18-13/h4-7,17H,8,16H2,1-3H3. The molecule has 4 nitrogen and oxygen atoms in total. The van der Waals surface area contributed by atoms with Crippen molar-refractivity contribution in [2.75, 3.05) is 0 Å². The summed E-state index contributed by atoms with van der Waals surface area (Å²) >= 11 is 0. The highest BCUT2D eigenvalue weighted by Crippen LogP contribution is 2.25. The van der Waals surface area contributed by atoms with Crippen molar-refractivity contribution in [1.82, 2.24) is 14.5 Å². The second-order valence-corrected chi connectivity index (χ2v) is 4.96. The van der Waals surface area contributed by atoms with E-state index in [1.54, 1.807) is 0 Å². The molecule has 2 heterocycles. The van der Waals surface area contributed by atoms with Crippen molar-refractivity contribution < 1.29 is 0 Å². The van der Waals surface area contributed by atoms with Gasteiger partial charge in [-0.15, -0.1) is 0 Å². The molecular weight excluding hydrogens is 236 g/mol. The number of H-pyrrole nitrogens is 1. The van der Waals surface area contributed by atoms with Gasteiger partial charge in [0.25, 0.3) is 0 Å². The van der Waals surface area contributed by atoms with E-state index in [2.05, 4.69) is 45.7 Å². The fraction of sp³-hybridized carbons (Fsp3) is 0.267. The number of aryl methyl sites for hydroxylation is 3. The van der Waals surface area contributed by atoms with E-state index in [1.807, 2.05) is 14.0 Å². The van der Waals surface area contributed by atoms with Gasteiger partial charge in [0.1, 0.15) is 5.82 Å². The Bertz CT molecular complexity index is 749. The third-order valence-electron chi connectivity index (χ3n) is 3.76. The minimum atomic E-state index is 0.565. The molecule has 1 aromatic carbocycles. The lowest BCUT2D eigenvalue weighted by molar-refractivity contribution is 0.886. The highest BCUT2D eigenvalue weighted by Gasteiger charge is 2.09. The topological polar surface area (TPSA) is 59.6 Å². The number of benzene rings is 1. The van der Waals surface area contributed by atoms with Crippen molar-refractivity contribution in [3.8, 4) is 11.3 Å². The molecule has 3 aromatic rings. The molecule has 0 saturated carbocycles. The van der Waals surface area contributed by atoms with E-state index in [4.69, 9.17) is 5.73 Å². The minimum absolute atomic E-state index is 0.565. The van der Waals surface area contributed by atoms with Crippen LogP contribution in [0.2, 0.25) is 0 Å². The molecule has 0 atom stereocenters. The largest absolute Gasteiger partial charge is 0.358 e. The van der Waals surface area contributed by atoms with Gasteiger partial charge in [-0.05, 0) is 37.6 Å². The SMILES string of the molecule is Cc1[nH]c(-c2ccc3nc(C)n(C)c3c2)cc1CN. The van der Waals surface area contributed by atoms with E-state index in [9.17, 15) is 0 Å². The number of hydrogen-bond donors (Lipinski definition) is 2. The van der Waals surface area contributed by atoms with Crippen LogP contribution in [0.15, 0.2) is 24.3 Å². The number of fused-ring (bicyclic) bond motifs is 1. The van der Waals surface area contributed by atoms with Gasteiger partial charge in [-0.3, -0.25) is 0 Å². The van der Waals surface area contributed by atoms with Gasteiger partial charge in [0.05, 0.1) is 11.0 Å². The first-order chi connectivity index (χ1) is 9.10. The summed E-state index contributed by atoms with van der Waals surface area (Å²) in [5, 5.41) is 0. The molecule has 98 valence electrons. The zero-order valence-electron chi connectivity index (χ0n) is 11.5. The number of aromatic nitrogens is 3. The van der Waals surface area contributed by atoms with Gasteiger partial charge >= 0.3 is 0 Å². The lowest BCUT2D eigenvalue weighted by Gasteiger charge is -2.00. The van der Waals surface area contributed by atoms with Crippen LogP contribution in [-0.2, 0) is 13.6 Å². The highest BCUT2D eigenvalue weighted by atomic mass is 15.0. The number of imidazole rings is 1. The van der Waals surface area contributed by atoms with E-state index in [1.165, 1.54) is 5.56 Å². The first-order valence-electron chi connectivity index (χ1n) is 6.42. The van der Waals surface area contributed by atoms with Crippen LogP contribution in [0, 0.1) is 13.8 Å². The van der Waals surface area contributed by atoms with Gasteiger partial charge in [0.15, 0.2) is 0 Å². The van der Waals surface area contributed by atoms with Crippen molar-refractivity contribution in [3.63, 3.8) is 0 Å². The smallest absolute Gasteiger partial charge is 0.106 e. The summed E-state index contributed by atoms with van der Waals surface area (Å²) in [4.78, 5) is 7.91. The van der Waals surface area contributed by atoms with Gasteiger partial charge in [-0.1, -0.05) is 6.07 Å². The molecule has 0 aliphatic carbocycles. The number of hydrogen-bond acceptors (Lipinski definition) is 2. The Morgan fingerprint density at radius 2 is 2.05 bits per heavy atom. The van der Waals surface area contributed by atoms with E-state index in [0.717, 1.165) is 33.8 Å². The summed E-state index contributed by atoms with van der Waals surface area (Å²) in [6, 6.07) is 8.46. The van der Waals surface area contributed by atoms with Crippen LogP contribution in [0.4, 0.5) is 0 Å². The number of nitrogens with one attached hydrogen (secondary N) is 1. The molecule has 19 heavy (non-hydrogen) atoms. The van der Waals surface area contributed by atoms with Crippen molar-refractivity contribution >= 4 is 11.0 Å². The first-order valence-corrected chi connectivity index (χ1v) is 6.42. The molecular formula is C15H18N4. The number of nitrogens with two attached hydrogens (primary N) is 1. The lowest BCUT2D eigenvalue weighted by Crippen LogP contribution is -1.95. The van der Waals surface area contributed by atoms with Gasteiger partial charge in [-0.2, -0.15) is 0 Å². The maximum absolute atomic E-state index is 5.73. The first kappa shape index (κ1) is 12.0. The van der Waals surface area contributed by atoms with Crippen molar-refractivity contribution in [3.05, 3.63) is 41.3 Å². The predicted molar refractivity (Wildman–Crippen MR) is 77.9 cm³/mol. The Kier molecular flexibility index (Phi) is 2.68. The molecule has 4 heteroatoms. The zero-order valence-corrected chi connectivity index (χ0v) is 11.5. The molecule has 0 radical (unpaired) electrons. The summed E-state index contributed by atoms with van der Waals surface area (Å²) in [5.74, 6) is 1.03. The Morgan fingerprint density at radius 1 is 1.26 bits per heavy atom. The molecule has 0 aliphatic rings. The Hall–Kier alpha value is -2.07. The summed E-state index contributed by atoms with van der Waals surface area (Å²) < 4.78 is 2.11. The van der Waals surface area contributed by atoms with Crippen LogP contribution < -0.4 is 5.73 Å². The molecule has 0 aliphatic heterocycles. The van der Waals surface area contributed by atoms with Crippen molar-refractivity contribution in [2.45, 2.75) is 20.4 Å². The quantitative estimate of drug-likeness (QED) is 0.738. The fourth-order valence-electron chi connectivity index (χ4n) is 2.45. The average Bonchev–Trinajstić information content (AvgIpc) is 2.91. The molecule has 0 amide bonds. The molecule has 0 spiro atoms. The van der Waals surface area contributed by atoms with E-state index in [0.29, 0.717) is 6.54 Å². The van der Waals surface area contributed by atoms with Crippen LogP contribution in [0.25, 0.3) is 22.3 Å². The predicted octanol–water partition coefficient (Wildman–Crippen LogP) is 2.64. The second kappa shape index (κ2) is 4.24. The van der Waals surface area contributed by atoms with Crippen LogP contribution in [0.3, 0.4) is 0 Å².